The molecule has 1 saturated heterocycles. The number of thioether (sulfide) groups is 1. The first-order chi connectivity index (χ1) is 10.0. The summed E-state index contributed by atoms with van der Waals surface area (Å²) in [5.74, 6) is -1.91. The van der Waals surface area contributed by atoms with Gasteiger partial charge in [-0.05, 0) is 12.5 Å². The van der Waals surface area contributed by atoms with Gasteiger partial charge in [0, 0.05) is 11.3 Å². The average Bonchev–Trinajstić information content (AvgIpc) is 2.74. The van der Waals surface area contributed by atoms with E-state index in [4.69, 9.17) is 0 Å². The largest absolute Gasteiger partial charge is 0.477 e. The number of carboxylic acid groups (broad SMARTS) is 1. The fraction of sp³-hybridized carbons (Fsp3) is 0.333. The molecule has 2 aliphatic heterocycles. The van der Waals surface area contributed by atoms with Crippen LogP contribution in [-0.4, -0.2) is 38.5 Å². The minimum Gasteiger partial charge on any atom is -0.477 e. The first-order valence-corrected chi connectivity index (χ1v) is 7.57. The topological polar surface area (TPSA) is 77.8 Å². The number of allylic oxidation sites excluding steroid dienone is 1. The third-order valence-corrected chi connectivity index (χ3v) is 5.15. The molecule has 2 aliphatic rings. The molecule has 0 spiro atoms. The highest BCUT2D eigenvalue weighted by molar-refractivity contribution is 8.04. The SMILES string of the molecule is CC(O)[C@H]1C(=O)N2C(C(=O)O)=C(Cc3ccccc3)S[C@H]12. The van der Waals surface area contributed by atoms with E-state index in [1.807, 2.05) is 30.3 Å². The Morgan fingerprint density at radius 1 is 1.38 bits per heavy atom. The van der Waals surface area contributed by atoms with Gasteiger partial charge >= 0.3 is 5.97 Å². The first kappa shape index (κ1) is 14.2. The first-order valence-electron chi connectivity index (χ1n) is 6.69. The summed E-state index contributed by atoms with van der Waals surface area (Å²) in [6, 6.07) is 9.55. The molecule has 0 bridgehead atoms. The van der Waals surface area contributed by atoms with E-state index in [2.05, 4.69) is 0 Å². The molecular formula is C15H15NO4S. The van der Waals surface area contributed by atoms with Gasteiger partial charge in [0.05, 0.1) is 12.0 Å². The molecule has 0 radical (unpaired) electrons. The van der Waals surface area contributed by atoms with Crippen LogP contribution in [0.3, 0.4) is 0 Å². The van der Waals surface area contributed by atoms with Gasteiger partial charge in [0.15, 0.2) is 0 Å². The van der Waals surface area contributed by atoms with Crippen molar-refractivity contribution < 1.29 is 19.8 Å². The highest BCUT2D eigenvalue weighted by Gasteiger charge is 2.57. The van der Waals surface area contributed by atoms with Crippen LogP contribution >= 0.6 is 11.8 Å². The number of carbonyl (C=O) groups is 2. The molecule has 21 heavy (non-hydrogen) atoms. The zero-order chi connectivity index (χ0) is 15.1. The van der Waals surface area contributed by atoms with Gasteiger partial charge in [-0.25, -0.2) is 4.79 Å². The number of aliphatic hydroxyl groups is 1. The lowest BCUT2D eigenvalue weighted by Crippen LogP contribution is -2.60. The molecule has 1 aromatic rings. The molecule has 0 aliphatic carbocycles. The van der Waals surface area contributed by atoms with E-state index >= 15 is 0 Å². The van der Waals surface area contributed by atoms with Gasteiger partial charge in [0.1, 0.15) is 11.1 Å². The summed E-state index contributed by atoms with van der Waals surface area (Å²) in [6.07, 6.45) is -0.280. The van der Waals surface area contributed by atoms with E-state index in [1.54, 1.807) is 6.92 Å². The fourth-order valence-electron chi connectivity index (χ4n) is 2.76. The molecule has 6 heteroatoms. The van der Waals surface area contributed by atoms with Crippen LogP contribution in [-0.2, 0) is 16.0 Å². The summed E-state index contributed by atoms with van der Waals surface area (Å²) in [5, 5.41) is 18.8. The quantitative estimate of drug-likeness (QED) is 0.823. The predicted octanol–water partition coefficient (Wildman–Crippen LogP) is 1.44. The fourth-order valence-corrected chi connectivity index (χ4v) is 4.40. The maximum Gasteiger partial charge on any atom is 0.353 e. The van der Waals surface area contributed by atoms with E-state index in [-0.39, 0.29) is 17.0 Å². The summed E-state index contributed by atoms with van der Waals surface area (Å²) in [7, 11) is 0. The zero-order valence-electron chi connectivity index (χ0n) is 11.4. The molecule has 1 aromatic carbocycles. The third kappa shape index (κ3) is 2.24. The maximum absolute atomic E-state index is 12.1. The molecule has 1 amide bonds. The summed E-state index contributed by atoms with van der Waals surface area (Å²) in [6.45, 7) is 1.57. The number of carbonyl (C=O) groups excluding carboxylic acids is 1. The number of hydrogen-bond acceptors (Lipinski definition) is 4. The lowest BCUT2D eigenvalue weighted by molar-refractivity contribution is -0.156. The van der Waals surface area contributed by atoms with Gasteiger partial charge in [-0.2, -0.15) is 0 Å². The normalized spacial score (nSPS) is 25.6. The van der Waals surface area contributed by atoms with Gasteiger partial charge in [-0.3, -0.25) is 9.69 Å². The minimum absolute atomic E-state index is 0.0655. The van der Waals surface area contributed by atoms with Crippen molar-refractivity contribution in [1.29, 1.82) is 0 Å². The van der Waals surface area contributed by atoms with Gasteiger partial charge in [0.25, 0.3) is 0 Å². The lowest BCUT2D eigenvalue weighted by Gasteiger charge is -2.43. The predicted molar refractivity (Wildman–Crippen MR) is 78.2 cm³/mol. The number of aliphatic carboxylic acids is 1. The minimum atomic E-state index is -1.09. The molecular weight excluding hydrogens is 290 g/mol. The number of fused-ring (bicyclic) bond motifs is 1. The third-order valence-electron chi connectivity index (χ3n) is 3.78. The van der Waals surface area contributed by atoms with Crippen molar-refractivity contribution in [2.75, 3.05) is 0 Å². The highest BCUT2D eigenvalue weighted by atomic mass is 32.2. The summed E-state index contributed by atoms with van der Waals surface area (Å²) < 4.78 is 0. The number of β-lactam (4-membered cyclic amide) rings is 1. The van der Waals surface area contributed by atoms with Crippen LogP contribution < -0.4 is 0 Å². The maximum atomic E-state index is 12.1. The van der Waals surface area contributed by atoms with E-state index in [0.717, 1.165) is 5.56 Å². The zero-order valence-corrected chi connectivity index (χ0v) is 12.2. The monoisotopic (exact) mass is 305 g/mol. The van der Waals surface area contributed by atoms with E-state index < -0.39 is 18.0 Å². The number of aliphatic hydroxyl groups excluding tert-OH is 1. The molecule has 2 N–H and O–H groups in total. The second kappa shape index (κ2) is 5.20. The number of nitrogens with zero attached hydrogens (tertiary/aromatic N) is 1. The average molecular weight is 305 g/mol. The number of carboxylic acids is 1. The van der Waals surface area contributed by atoms with Gasteiger partial charge < -0.3 is 10.2 Å². The lowest BCUT2D eigenvalue weighted by atomic mass is 9.92. The molecule has 1 fully saturated rings. The second-order valence-electron chi connectivity index (χ2n) is 5.22. The smallest absolute Gasteiger partial charge is 0.353 e. The van der Waals surface area contributed by atoms with E-state index in [9.17, 15) is 19.8 Å². The summed E-state index contributed by atoms with van der Waals surface area (Å²) >= 11 is 1.38. The van der Waals surface area contributed by atoms with Crippen molar-refractivity contribution in [3.05, 3.63) is 46.5 Å². The molecule has 3 rings (SSSR count). The highest BCUT2D eigenvalue weighted by Crippen LogP contribution is 2.51. The molecule has 0 saturated carbocycles. The van der Waals surface area contributed by atoms with Crippen LogP contribution in [0.5, 0.6) is 0 Å². The van der Waals surface area contributed by atoms with Crippen LogP contribution in [0.1, 0.15) is 12.5 Å². The standard InChI is InChI=1S/C15H15NO4S/c1-8(17)11-13(18)16-12(15(19)20)10(21-14(11)16)7-9-5-3-2-4-6-9/h2-6,8,11,14,17H,7H2,1H3,(H,19,20)/t8?,11-,14+/m0/s1. The van der Waals surface area contributed by atoms with Crippen LogP contribution in [0.4, 0.5) is 0 Å². The molecule has 110 valence electrons. The molecule has 5 nitrogen and oxygen atoms in total. The molecule has 3 atom stereocenters. The van der Waals surface area contributed by atoms with Crippen molar-refractivity contribution in [3.8, 4) is 0 Å². The van der Waals surface area contributed by atoms with E-state index in [1.165, 1.54) is 16.7 Å². The Bertz CT molecular complexity index is 626. The van der Waals surface area contributed by atoms with Gasteiger partial charge in [0.2, 0.25) is 5.91 Å². The Hall–Kier alpha value is -1.79. The van der Waals surface area contributed by atoms with Crippen molar-refractivity contribution in [1.82, 2.24) is 4.90 Å². The van der Waals surface area contributed by atoms with Crippen molar-refractivity contribution in [2.45, 2.75) is 24.8 Å². The van der Waals surface area contributed by atoms with Crippen LogP contribution in [0.2, 0.25) is 0 Å². The van der Waals surface area contributed by atoms with Gasteiger partial charge in [-0.15, -0.1) is 11.8 Å². The number of rotatable bonds is 4. The number of hydrogen-bond donors (Lipinski definition) is 2. The molecule has 0 aromatic heterocycles. The van der Waals surface area contributed by atoms with Crippen molar-refractivity contribution in [2.24, 2.45) is 5.92 Å². The summed E-state index contributed by atoms with van der Waals surface area (Å²) in [4.78, 5) is 25.5. The van der Waals surface area contributed by atoms with Crippen molar-refractivity contribution in [3.63, 3.8) is 0 Å². The molecule has 1 unspecified atom stereocenters. The Balaban J connectivity index is 1.89. The van der Waals surface area contributed by atoms with Crippen molar-refractivity contribution >= 4 is 23.6 Å². The Morgan fingerprint density at radius 2 is 2.05 bits per heavy atom. The second-order valence-corrected chi connectivity index (χ2v) is 6.43. The van der Waals surface area contributed by atoms with Gasteiger partial charge in [-0.1, -0.05) is 30.3 Å². The Kier molecular flexibility index (Phi) is 3.51. The van der Waals surface area contributed by atoms with E-state index in [0.29, 0.717) is 11.3 Å². The Morgan fingerprint density at radius 3 is 2.62 bits per heavy atom. The van der Waals surface area contributed by atoms with Crippen LogP contribution in [0.15, 0.2) is 40.9 Å². The molecule has 2 heterocycles. The number of benzene rings is 1. The Labute approximate surface area is 126 Å². The van der Waals surface area contributed by atoms with Crippen LogP contribution in [0, 0.1) is 5.92 Å². The summed E-state index contributed by atoms with van der Waals surface area (Å²) in [5.41, 5.74) is 1.07. The van der Waals surface area contributed by atoms with Crippen LogP contribution in [0.25, 0.3) is 0 Å². The number of amides is 1.